The van der Waals surface area contributed by atoms with Crippen LogP contribution >= 0.6 is 0 Å². The third kappa shape index (κ3) is 4.48. The third-order valence-corrected chi connectivity index (χ3v) is 7.01. The van der Waals surface area contributed by atoms with Crippen molar-refractivity contribution in [2.24, 2.45) is 5.92 Å². The Morgan fingerprint density at radius 1 is 0.944 bits per heavy atom. The van der Waals surface area contributed by atoms with Crippen LogP contribution < -0.4 is 5.32 Å². The molecule has 2 heterocycles. The van der Waals surface area contributed by atoms with Crippen LogP contribution in [0.5, 0.6) is 0 Å². The summed E-state index contributed by atoms with van der Waals surface area (Å²) in [5.41, 5.74) is 4.02. The lowest BCUT2D eigenvalue weighted by Gasteiger charge is -2.29. The van der Waals surface area contributed by atoms with Gasteiger partial charge in [-0.05, 0) is 61.4 Å². The summed E-state index contributed by atoms with van der Waals surface area (Å²) < 4.78 is 2.04. The third-order valence-electron chi connectivity index (χ3n) is 7.01. The summed E-state index contributed by atoms with van der Waals surface area (Å²) in [6.07, 6.45) is 0.452. The van der Waals surface area contributed by atoms with E-state index in [1.807, 2.05) is 68.7 Å². The number of imide groups is 1. The van der Waals surface area contributed by atoms with E-state index in [0.29, 0.717) is 17.9 Å². The number of carbonyl (C=O) groups is 3. The number of hydrogen-bond acceptors (Lipinski definition) is 3. The van der Waals surface area contributed by atoms with E-state index in [4.69, 9.17) is 0 Å². The van der Waals surface area contributed by atoms with Crippen molar-refractivity contribution in [3.63, 3.8) is 0 Å². The second kappa shape index (κ2) is 9.76. The van der Waals surface area contributed by atoms with Crippen LogP contribution in [0.15, 0.2) is 60.7 Å². The summed E-state index contributed by atoms with van der Waals surface area (Å²) >= 11 is 0. The molecule has 3 amide bonds. The number of amides is 3. The second-order valence-electron chi connectivity index (χ2n) is 10.5. The van der Waals surface area contributed by atoms with Crippen LogP contribution in [0.2, 0.25) is 0 Å². The van der Waals surface area contributed by atoms with Gasteiger partial charge in [-0.3, -0.25) is 14.5 Å². The zero-order valence-electron chi connectivity index (χ0n) is 22.0. The summed E-state index contributed by atoms with van der Waals surface area (Å²) in [6.45, 7) is 11.9. The molecule has 0 saturated carbocycles. The number of aromatic nitrogens is 1. The lowest BCUT2D eigenvalue weighted by atomic mass is 9.82. The summed E-state index contributed by atoms with van der Waals surface area (Å²) in [4.78, 5) is 41.2. The molecule has 2 aromatic carbocycles. The molecule has 1 fully saturated rings. The lowest BCUT2D eigenvalue weighted by Crippen LogP contribution is -2.45. The van der Waals surface area contributed by atoms with Crippen LogP contribution in [0.3, 0.4) is 0 Å². The molecule has 4 rings (SSSR count). The largest absolute Gasteiger partial charge is 0.325 e. The van der Waals surface area contributed by atoms with E-state index in [1.165, 1.54) is 5.56 Å². The van der Waals surface area contributed by atoms with Crippen molar-refractivity contribution in [3.8, 4) is 5.69 Å². The van der Waals surface area contributed by atoms with Crippen LogP contribution in [-0.4, -0.2) is 33.7 Å². The van der Waals surface area contributed by atoms with E-state index in [0.717, 1.165) is 27.5 Å². The van der Waals surface area contributed by atoms with Gasteiger partial charge in [0.25, 0.3) is 5.91 Å². The van der Waals surface area contributed by atoms with Gasteiger partial charge in [-0.15, -0.1) is 0 Å². The van der Waals surface area contributed by atoms with Gasteiger partial charge in [-0.1, -0.05) is 70.2 Å². The highest BCUT2D eigenvalue weighted by molar-refractivity contribution is 6.11. The Morgan fingerprint density at radius 2 is 1.58 bits per heavy atom. The van der Waals surface area contributed by atoms with Crippen LogP contribution in [0.4, 0.5) is 4.79 Å². The van der Waals surface area contributed by atoms with Gasteiger partial charge in [-0.2, -0.15) is 0 Å². The molecule has 0 radical (unpaired) electrons. The number of urea groups is 1. The molecular formula is C30H35N3O3. The highest BCUT2D eigenvalue weighted by Crippen LogP contribution is 2.35. The Labute approximate surface area is 213 Å². The molecule has 1 N–H and O–H groups in total. The SMILES string of the molecule is Cc1cc(C(=O)CN2C(=O)N[C@](CC(C)C)(c3ccccc3)C2=O)c(C)n1-c1ccc(C(C)C)cc1. The first-order valence-corrected chi connectivity index (χ1v) is 12.6. The van der Waals surface area contributed by atoms with Crippen molar-refractivity contribution in [3.05, 3.63) is 88.7 Å². The maximum absolute atomic E-state index is 13.7. The van der Waals surface area contributed by atoms with Crippen LogP contribution in [0.1, 0.15) is 72.9 Å². The Balaban J connectivity index is 1.62. The molecular weight excluding hydrogens is 450 g/mol. The maximum Gasteiger partial charge on any atom is 0.325 e. The number of carbonyl (C=O) groups excluding carboxylic acids is 3. The van der Waals surface area contributed by atoms with Gasteiger partial charge >= 0.3 is 6.03 Å². The summed E-state index contributed by atoms with van der Waals surface area (Å²) in [5, 5.41) is 2.92. The molecule has 0 spiro atoms. The van der Waals surface area contributed by atoms with Crippen molar-refractivity contribution in [1.82, 2.24) is 14.8 Å². The van der Waals surface area contributed by atoms with Crippen molar-refractivity contribution < 1.29 is 14.4 Å². The number of rotatable bonds is 8. The van der Waals surface area contributed by atoms with Gasteiger partial charge in [0.15, 0.2) is 5.78 Å². The minimum Gasteiger partial charge on any atom is -0.319 e. The molecule has 1 aromatic heterocycles. The summed E-state index contributed by atoms with van der Waals surface area (Å²) in [7, 11) is 0. The Hall–Kier alpha value is -3.67. The predicted octanol–water partition coefficient (Wildman–Crippen LogP) is 5.89. The lowest BCUT2D eigenvalue weighted by molar-refractivity contribution is -0.132. The van der Waals surface area contributed by atoms with Gasteiger partial charge in [0.05, 0.1) is 6.54 Å². The molecule has 1 aliphatic rings. The number of ketones is 1. The number of aryl methyl sites for hydroxylation is 1. The first-order valence-electron chi connectivity index (χ1n) is 12.6. The smallest absolute Gasteiger partial charge is 0.319 e. The first kappa shape index (κ1) is 25.4. The average Bonchev–Trinajstić information content (AvgIpc) is 3.27. The van der Waals surface area contributed by atoms with E-state index in [2.05, 4.69) is 43.4 Å². The van der Waals surface area contributed by atoms with Crippen LogP contribution in [0, 0.1) is 19.8 Å². The number of nitrogens with zero attached hydrogens (tertiary/aromatic N) is 2. The monoisotopic (exact) mass is 485 g/mol. The molecule has 0 aliphatic carbocycles. The van der Waals surface area contributed by atoms with Gasteiger partial charge in [0.1, 0.15) is 5.54 Å². The number of Topliss-reactive ketones (excluding diaryl/α,β-unsaturated/α-hetero) is 1. The van der Waals surface area contributed by atoms with E-state index >= 15 is 0 Å². The van der Waals surface area contributed by atoms with Crippen LogP contribution in [0.25, 0.3) is 5.69 Å². The first-order chi connectivity index (χ1) is 17.0. The molecule has 6 nitrogen and oxygen atoms in total. The van der Waals surface area contributed by atoms with Crippen molar-refractivity contribution >= 4 is 17.7 Å². The molecule has 3 aromatic rings. The topological polar surface area (TPSA) is 71.4 Å². The van der Waals surface area contributed by atoms with E-state index < -0.39 is 11.6 Å². The fraction of sp³-hybridized carbons (Fsp3) is 0.367. The fourth-order valence-corrected chi connectivity index (χ4v) is 5.24. The van der Waals surface area contributed by atoms with E-state index in [9.17, 15) is 14.4 Å². The minimum atomic E-state index is -1.16. The summed E-state index contributed by atoms with van der Waals surface area (Å²) in [5.74, 6) is -0.0408. The van der Waals surface area contributed by atoms with Crippen molar-refractivity contribution in [2.45, 2.75) is 59.4 Å². The Bertz CT molecular complexity index is 1290. The highest BCUT2D eigenvalue weighted by atomic mass is 16.2. The van der Waals surface area contributed by atoms with E-state index in [1.54, 1.807) is 0 Å². The van der Waals surface area contributed by atoms with Gasteiger partial charge < -0.3 is 9.88 Å². The molecule has 6 heteroatoms. The van der Waals surface area contributed by atoms with Crippen LogP contribution in [-0.2, 0) is 10.3 Å². The van der Waals surface area contributed by atoms with Gasteiger partial charge in [0, 0.05) is 22.6 Å². The quantitative estimate of drug-likeness (QED) is 0.319. The number of benzene rings is 2. The molecule has 1 saturated heterocycles. The minimum absolute atomic E-state index is 0.158. The molecule has 1 atom stereocenters. The predicted molar refractivity (Wildman–Crippen MR) is 141 cm³/mol. The molecule has 36 heavy (non-hydrogen) atoms. The molecule has 188 valence electrons. The molecule has 0 bridgehead atoms. The standard InChI is InChI=1S/C30H35N3O3/c1-19(2)17-30(24-10-8-7-9-11-24)28(35)32(29(36)31-30)18-27(34)26-16-21(5)33(22(26)6)25-14-12-23(13-15-25)20(3)4/h7-16,19-20H,17-18H2,1-6H3,(H,31,36)/t30-/m1/s1. The maximum atomic E-state index is 13.7. The molecule has 0 unspecified atom stereocenters. The zero-order chi connectivity index (χ0) is 26.2. The number of hydrogen-bond donors (Lipinski definition) is 1. The molecule has 1 aliphatic heterocycles. The zero-order valence-corrected chi connectivity index (χ0v) is 22.0. The highest BCUT2D eigenvalue weighted by Gasteiger charge is 2.52. The summed E-state index contributed by atoms with van der Waals surface area (Å²) in [6, 6.07) is 18.9. The van der Waals surface area contributed by atoms with Gasteiger partial charge in [-0.25, -0.2) is 4.79 Å². The Morgan fingerprint density at radius 3 is 2.17 bits per heavy atom. The Kier molecular flexibility index (Phi) is 6.90. The van der Waals surface area contributed by atoms with Crippen molar-refractivity contribution in [2.75, 3.05) is 6.54 Å². The fourth-order valence-electron chi connectivity index (χ4n) is 5.24. The average molecular weight is 486 g/mol. The number of nitrogens with one attached hydrogen (secondary N) is 1. The van der Waals surface area contributed by atoms with Gasteiger partial charge in [0.2, 0.25) is 0 Å². The normalized spacial score (nSPS) is 17.8. The second-order valence-corrected chi connectivity index (χ2v) is 10.5. The van der Waals surface area contributed by atoms with Crippen molar-refractivity contribution in [1.29, 1.82) is 0 Å². The van der Waals surface area contributed by atoms with E-state index in [-0.39, 0.29) is 24.2 Å².